The third-order valence-electron chi connectivity index (χ3n) is 6.10. The van der Waals surface area contributed by atoms with E-state index in [1.165, 1.54) is 17.0 Å². The van der Waals surface area contributed by atoms with Crippen molar-refractivity contribution in [2.75, 3.05) is 26.5 Å². The van der Waals surface area contributed by atoms with Gasteiger partial charge >= 0.3 is 0 Å². The fourth-order valence-corrected chi connectivity index (χ4v) is 5.56. The second kappa shape index (κ2) is 10.2. The molecule has 0 radical (unpaired) electrons. The number of nitrogens with two attached hydrogens (primary N) is 1. The first-order chi connectivity index (χ1) is 17.5. The van der Waals surface area contributed by atoms with E-state index in [0.717, 1.165) is 11.3 Å². The number of nitrogens with one attached hydrogen (secondary N) is 1. The third kappa shape index (κ3) is 5.14. The predicted octanol–water partition coefficient (Wildman–Crippen LogP) is 4.85. The summed E-state index contributed by atoms with van der Waals surface area (Å²) in [6, 6.07) is 16.4. The van der Waals surface area contributed by atoms with Crippen LogP contribution in [0.4, 0.5) is 11.4 Å². The molecule has 192 valence electrons. The zero-order chi connectivity index (χ0) is 26.9. The lowest BCUT2D eigenvalue weighted by Crippen LogP contribution is -2.21. The molecular weight excluding hydrogens is 488 g/mol. The lowest BCUT2D eigenvalue weighted by molar-refractivity contribution is 0.0827. The Hall–Kier alpha value is -3.95. The molecule has 4 rings (SSSR count). The van der Waals surface area contributed by atoms with Crippen molar-refractivity contribution in [2.24, 2.45) is 5.73 Å². The van der Waals surface area contributed by atoms with Crippen LogP contribution in [0.1, 0.15) is 34.5 Å². The van der Waals surface area contributed by atoms with Gasteiger partial charge in [0.25, 0.3) is 5.91 Å². The van der Waals surface area contributed by atoms with Crippen LogP contribution in [0.15, 0.2) is 76.7 Å². The summed E-state index contributed by atoms with van der Waals surface area (Å²) >= 11 is 0. The van der Waals surface area contributed by atoms with E-state index in [2.05, 4.69) is 10.3 Å². The molecule has 3 aromatic carbocycles. The molecule has 1 unspecified atom stereocenters. The van der Waals surface area contributed by atoms with Crippen LogP contribution in [0.5, 0.6) is 5.75 Å². The Morgan fingerprint density at radius 1 is 1.05 bits per heavy atom. The van der Waals surface area contributed by atoms with Crippen molar-refractivity contribution in [3.63, 3.8) is 0 Å². The molecule has 0 bridgehead atoms. The number of rotatable bonds is 7. The molecule has 1 heterocycles. The largest absolute Gasteiger partial charge is 0.497 e. The molecule has 0 aliphatic rings. The van der Waals surface area contributed by atoms with Gasteiger partial charge in [0.05, 0.1) is 28.1 Å². The maximum Gasteiger partial charge on any atom is 0.253 e. The van der Waals surface area contributed by atoms with Gasteiger partial charge in [0.2, 0.25) is 9.84 Å². The first-order valence-corrected chi connectivity index (χ1v) is 13.2. The Morgan fingerprint density at radius 3 is 2.46 bits per heavy atom. The van der Waals surface area contributed by atoms with Crippen LogP contribution in [0.3, 0.4) is 0 Å². The number of fused-ring (bicyclic) bond motifs is 1. The number of benzene rings is 3. The average molecular weight is 519 g/mol. The highest BCUT2D eigenvalue weighted by Crippen LogP contribution is 2.36. The number of sulfone groups is 1. The molecule has 0 saturated carbocycles. The van der Waals surface area contributed by atoms with Crippen LogP contribution in [-0.4, -0.2) is 45.4 Å². The molecule has 4 aromatic rings. The first kappa shape index (κ1) is 26.1. The summed E-state index contributed by atoms with van der Waals surface area (Å²) < 4.78 is 32.8. The van der Waals surface area contributed by atoms with Crippen molar-refractivity contribution < 1.29 is 17.9 Å². The summed E-state index contributed by atoms with van der Waals surface area (Å²) in [5, 5.41) is 4.03. The van der Waals surface area contributed by atoms with Crippen molar-refractivity contribution in [1.82, 2.24) is 9.88 Å². The molecule has 1 amide bonds. The van der Waals surface area contributed by atoms with Crippen LogP contribution in [0.2, 0.25) is 0 Å². The molecule has 0 aliphatic heterocycles. The van der Waals surface area contributed by atoms with Gasteiger partial charge in [-0.15, -0.1) is 0 Å². The quantitative estimate of drug-likeness (QED) is 0.359. The van der Waals surface area contributed by atoms with Gasteiger partial charge in [-0.3, -0.25) is 9.78 Å². The van der Waals surface area contributed by atoms with Crippen LogP contribution >= 0.6 is 0 Å². The Labute approximate surface area is 217 Å². The number of carbonyl (C=O) groups excluding carboxylic acids is 1. The van der Waals surface area contributed by atoms with Gasteiger partial charge in [-0.25, -0.2) is 8.42 Å². The van der Waals surface area contributed by atoms with Crippen LogP contribution in [0.25, 0.3) is 10.9 Å². The lowest BCUT2D eigenvalue weighted by atomic mass is 10.0. The van der Waals surface area contributed by atoms with Crippen LogP contribution in [0, 0.1) is 6.92 Å². The zero-order valence-electron chi connectivity index (χ0n) is 21.4. The minimum Gasteiger partial charge on any atom is -0.497 e. The maximum absolute atomic E-state index is 13.7. The van der Waals surface area contributed by atoms with Crippen molar-refractivity contribution >= 4 is 38.0 Å². The van der Waals surface area contributed by atoms with E-state index >= 15 is 0 Å². The van der Waals surface area contributed by atoms with E-state index in [9.17, 15) is 13.2 Å². The summed E-state index contributed by atoms with van der Waals surface area (Å²) in [6.07, 6.45) is 1.72. The zero-order valence-corrected chi connectivity index (χ0v) is 22.3. The number of hydrogen-bond acceptors (Lipinski definition) is 7. The number of nitrogens with zero attached hydrogens (tertiary/aromatic N) is 2. The number of methoxy groups -OCH3 is 1. The van der Waals surface area contributed by atoms with Crippen LogP contribution in [-0.2, 0) is 9.84 Å². The Balaban J connectivity index is 1.91. The number of pyridine rings is 1. The summed E-state index contributed by atoms with van der Waals surface area (Å²) in [5.41, 5.74) is 10.1. The molecule has 0 saturated heterocycles. The fourth-order valence-electron chi connectivity index (χ4n) is 4.14. The van der Waals surface area contributed by atoms with Gasteiger partial charge in [0.1, 0.15) is 5.75 Å². The Bertz CT molecular complexity index is 1600. The number of aryl methyl sites for hydroxylation is 1. The molecule has 0 spiro atoms. The highest BCUT2D eigenvalue weighted by molar-refractivity contribution is 7.91. The van der Waals surface area contributed by atoms with Gasteiger partial charge in [-0.2, -0.15) is 0 Å². The molecule has 9 heteroatoms. The van der Waals surface area contributed by atoms with E-state index in [0.29, 0.717) is 33.5 Å². The second-order valence-corrected chi connectivity index (χ2v) is 11.1. The molecule has 0 aliphatic carbocycles. The van der Waals surface area contributed by atoms with E-state index in [4.69, 9.17) is 10.5 Å². The smallest absolute Gasteiger partial charge is 0.253 e. The third-order valence-corrected chi connectivity index (χ3v) is 7.83. The number of hydrogen-bond donors (Lipinski definition) is 2. The Morgan fingerprint density at radius 2 is 1.78 bits per heavy atom. The number of anilines is 2. The van der Waals surface area contributed by atoms with Crippen molar-refractivity contribution in [1.29, 1.82) is 0 Å². The summed E-state index contributed by atoms with van der Waals surface area (Å²) in [6.45, 7) is 3.67. The SMILES string of the molecule is COc1cccc(Nc2c(C(C)N)cnc3c(C)cc(S(=O)(=O)c4cccc(C(=O)N(C)C)c4)cc23)c1. The average Bonchev–Trinajstić information content (AvgIpc) is 2.88. The van der Waals surface area contributed by atoms with E-state index in [-0.39, 0.29) is 21.7 Å². The topological polar surface area (TPSA) is 115 Å². The van der Waals surface area contributed by atoms with E-state index in [1.807, 2.05) is 38.1 Å². The number of amides is 1. The maximum atomic E-state index is 13.7. The van der Waals surface area contributed by atoms with Crippen molar-refractivity contribution in [3.8, 4) is 5.75 Å². The van der Waals surface area contributed by atoms with Crippen molar-refractivity contribution in [3.05, 3.63) is 83.6 Å². The Kier molecular flexibility index (Phi) is 7.20. The number of ether oxygens (including phenoxy) is 1. The van der Waals surface area contributed by atoms with E-state index < -0.39 is 9.84 Å². The second-order valence-electron chi connectivity index (χ2n) is 9.10. The van der Waals surface area contributed by atoms with Crippen molar-refractivity contribution in [2.45, 2.75) is 29.7 Å². The highest BCUT2D eigenvalue weighted by atomic mass is 32.2. The highest BCUT2D eigenvalue weighted by Gasteiger charge is 2.23. The summed E-state index contributed by atoms with van der Waals surface area (Å²) in [5.74, 6) is 0.402. The molecule has 0 fully saturated rings. The van der Waals surface area contributed by atoms with Crippen LogP contribution < -0.4 is 15.8 Å². The summed E-state index contributed by atoms with van der Waals surface area (Å²) in [4.78, 5) is 18.6. The molecule has 1 aromatic heterocycles. The minimum absolute atomic E-state index is 0.0394. The monoisotopic (exact) mass is 518 g/mol. The lowest BCUT2D eigenvalue weighted by Gasteiger charge is -2.19. The summed E-state index contributed by atoms with van der Waals surface area (Å²) in [7, 11) is 0.890. The number of carbonyl (C=O) groups is 1. The molecule has 37 heavy (non-hydrogen) atoms. The standard InChI is InChI=1S/C28H30N4O4S/c1-17-12-23(37(34,35)22-11-6-8-19(13-22)28(33)32(3)4)15-24-26(17)30-16-25(18(2)29)27(24)31-20-9-7-10-21(14-20)36-5/h6-16,18H,29H2,1-5H3,(H,30,31). The number of aromatic nitrogens is 1. The van der Waals surface area contributed by atoms with Gasteiger partial charge in [0.15, 0.2) is 0 Å². The first-order valence-electron chi connectivity index (χ1n) is 11.7. The van der Waals surface area contributed by atoms with E-state index in [1.54, 1.807) is 51.7 Å². The molecule has 1 atom stereocenters. The minimum atomic E-state index is -3.95. The normalized spacial score (nSPS) is 12.3. The molecule has 8 nitrogen and oxygen atoms in total. The fraction of sp³-hybridized carbons (Fsp3) is 0.214. The van der Waals surface area contributed by atoms with Gasteiger partial charge in [0, 0.05) is 54.6 Å². The van der Waals surface area contributed by atoms with Gasteiger partial charge in [-0.1, -0.05) is 12.1 Å². The molecular formula is C28H30N4O4S. The predicted molar refractivity (Wildman–Crippen MR) is 145 cm³/mol. The van der Waals surface area contributed by atoms with Gasteiger partial charge < -0.3 is 20.7 Å². The molecule has 3 N–H and O–H groups in total. The van der Waals surface area contributed by atoms with Gasteiger partial charge in [-0.05, 0) is 61.9 Å².